The molecule has 2 aromatic carbocycles. The van der Waals surface area contributed by atoms with E-state index >= 15 is 0 Å². The van der Waals surface area contributed by atoms with Gasteiger partial charge >= 0.3 is 0 Å². The van der Waals surface area contributed by atoms with Crippen LogP contribution in [0.4, 0.5) is 0 Å². The van der Waals surface area contributed by atoms with Crippen molar-refractivity contribution in [3.8, 4) is 11.5 Å². The molecule has 4 nitrogen and oxygen atoms in total. The topological polar surface area (TPSA) is 47.6 Å². The highest BCUT2D eigenvalue weighted by atomic mass is 32.2. The van der Waals surface area contributed by atoms with Crippen LogP contribution in [0, 0.1) is 0 Å². The molecule has 0 radical (unpaired) electrons. The van der Waals surface area contributed by atoms with Gasteiger partial charge in [0.1, 0.15) is 18.1 Å². The summed E-state index contributed by atoms with van der Waals surface area (Å²) in [6.45, 7) is 0.875. The van der Waals surface area contributed by atoms with E-state index in [1.807, 2.05) is 48.5 Å². The summed E-state index contributed by atoms with van der Waals surface area (Å²) in [5.74, 6) is 2.41. The zero-order valence-electron chi connectivity index (χ0n) is 13.4. The predicted octanol–water partition coefficient (Wildman–Crippen LogP) is 3.37. The summed E-state index contributed by atoms with van der Waals surface area (Å²) in [6.07, 6.45) is 2.06. The molecule has 2 aromatic rings. The van der Waals surface area contributed by atoms with Crippen molar-refractivity contribution in [2.45, 2.75) is 5.75 Å². The molecule has 0 unspecified atom stereocenters. The van der Waals surface area contributed by atoms with Gasteiger partial charge < -0.3 is 14.8 Å². The molecule has 1 amide bonds. The number of rotatable bonds is 8. The lowest BCUT2D eigenvalue weighted by atomic mass is 10.1. The lowest BCUT2D eigenvalue weighted by Gasteiger charge is -2.09. The van der Waals surface area contributed by atoms with Gasteiger partial charge in [-0.1, -0.05) is 12.1 Å². The molecule has 0 aliphatic heterocycles. The van der Waals surface area contributed by atoms with Gasteiger partial charge in [-0.3, -0.25) is 4.79 Å². The van der Waals surface area contributed by atoms with E-state index in [0.717, 1.165) is 17.3 Å². The number of nitrogens with one attached hydrogen (secondary N) is 1. The van der Waals surface area contributed by atoms with E-state index in [1.165, 1.54) is 5.56 Å². The van der Waals surface area contributed by atoms with E-state index < -0.39 is 0 Å². The van der Waals surface area contributed by atoms with Crippen LogP contribution in [-0.4, -0.2) is 32.4 Å². The Hall–Kier alpha value is -2.14. The van der Waals surface area contributed by atoms with Crippen LogP contribution in [0.5, 0.6) is 11.5 Å². The van der Waals surface area contributed by atoms with Crippen molar-refractivity contribution in [3.05, 3.63) is 59.7 Å². The van der Waals surface area contributed by atoms with Gasteiger partial charge in [0.15, 0.2) is 0 Å². The van der Waals surface area contributed by atoms with Gasteiger partial charge in [0.2, 0.25) is 0 Å². The van der Waals surface area contributed by atoms with Crippen LogP contribution in [-0.2, 0) is 5.75 Å². The average molecular weight is 331 g/mol. The maximum Gasteiger partial charge on any atom is 0.251 e. The smallest absolute Gasteiger partial charge is 0.251 e. The molecule has 0 atom stereocenters. The van der Waals surface area contributed by atoms with Crippen LogP contribution in [0.15, 0.2) is 48.5 Å². The molecule has 0 aliphatic rings. The molecule has 1 N–H and O–H groups in total. The summed E-state index contributed by atoms with van der Waals surface area (Å²) < 4.78 is 10.7. The fourth-order valence-electron chi connectivity index (χ4n) is 2.03. The molecule has 0 aliphatic carbocycles. The Morgan fingerprint density at radius 2 is 1.70 bits per heavy atom. The Kier molecular flexibility index (Phi) is 6.81. The number of thioether (sulfide) groups is 1. The number of benzene rings is 2. The Morgan fingerprint density at radius 1 is 1.04 bits per heavy atom. The zero-order chi connectivity index (χ0) is 16.5. The summed E-state index contributed by atoms with van der Waals surface area (Å²) in [4.78, 5) is 12.0. The third kappa shape index (κ3) is 5.53. The third-order valence-electron chi connectivity index (χ3n) is 3.24. The number of hydrogen-bond donors (Lipinski definition) is 1. The van der Waals surface area contributed by atoms with Crippen molar-refractivity contribution in [2.75, 3.05) is 26.5 Å². The molecule has 2 rings (SSSR count). The van der Waals surface area contributed by atoms with Crippen molar-refractivity contribution in [2.24, 2.45) is 0 Å². The van der Waals surface area contributed by atoms with Crippen molar-refractivity contribution < 1.29 is 14.3 Å². The molecule has 23 heavy (non-hydrogen) atoms. The van der Waals surface area contributed by atoms with Crippen molar-refractivity contribution in [1.82, 2.24) is 5.32 Å². The van der Waals surface area contributed by atoms with Gasteiger partial charge in [0, 0.05) is 11.3 Å². The minimum absolute atomic E-state index is 0.0842. The highest BCUT2D eigenvalue weighted by Gasteiger charge is 2.04. The van der Waals surface area contributed by atoms with E-state index in [9.17, 15) is 4.79 Å². The molecule has 0 bridgehead atoms. The largest absolute Gasteiger partial charge is 0.497 e. The maximum absolute atomic E-state index is 12.0. The second-order valence-electron chi connectivity index (χ2n) is 4.91. The molecule has 0 saturated carbocycles. The van der Waals surface area contributed by atoms with Crippen LogP contribution in [0.25, 0.3) is 0 Å². The van der Waals surface area contributed by atoms with Crippen LogP contribution in [0.1, 0.15) is 15.9 Å². The number of ether oxygens (including phenoxy) is 2. The van der Waals surface area contributed by atoms with E-state index in [0.29, 0.717) is 18.7 Å². The first kappa shape index (κ1) is 17.2. The monoisotopic (exact) mass is 331 g/mol. The molecular weight excluding hydrogens is 310 g/mol. The molecule has 0 spiro atoms. The van der Waals surface area contributed by atoms with E-state index in [4.69, 9.17) is 9.47 Å². The summed E-state index contributed by atoms with van der Waals surface area (Å²) in [7, 11) is 1.62. The quantitative estimate of drug-likeness (QED) is 0.754. The Morgan fingerprint density at radius 3 is 2.30 bits per heavy atom. The van der Waals surface area contributed by atoms with E-state index in [1.54, 1.807) is 18.9 Å². The first-order valence-electron chi connectivity index (χ1n) is 7.36. The minimum Gasteiger partial charge on any atom is -0.497 e. The van der Waals surface area contributed by atoms with Crippen LogP contribution >= 0.6 is 11.8 Å². The van der Waals surface area contributed by atoms with Gasteiger partial charge in [-0.25, -0.2) is 0 Å². The van der Waals surface area contributed by atoms with Crippen LogP contribution < -0.4 is 14.8 Å². The maximum atomic E-state index is 12.0. The Balaban J connectivity index is 1.73. The summed E-state index contributed by atoms with van der Waals surface area (Å²) in [5, 5.41) is 2.85. The Labute approximate surface area is 141 Å². The third-order valence-corrected chi connectivity index (χ3v) is 3.86. The van der Waals surface area contributed by atoms with Crippen molar-refractivity contribution >= 4 is 17.7 Å². The second-order valence-corrected chi connectivity index (χ2v) is 5.78. The fraction of sp³-hybridized carbons (Fsp3) is 0.278. The lowest BCUT2D eigenvalue weighted by molar-refractivity contribution is 0.0947. The average Bonchev–Trinajstić information content (AvgIpc) is 2.60. The molecule has 0 saturated heterocycles. The van der Waals surface area contributed by atoms with Gasteiger partial charge in [0.05, 0.1) is 13.7 Å². The van der Waals surface area contributed by atoms with Crippen LogP contribution in [0.3, 0.4) is 0 Å². The summed E-state index contributed by atoms with van der Waals surface area (Å²) >= 11 is 1.76. The first-order valence-corrected chi connectivity index (χ1v) is 8.75. The van der Waals surface area contributed by atoms with Gasteiger partial charge in [-0.2, -0.15) is 11.8 Å². The fourth-order valence-corrected chi connectivity index (χ4v) is 2.55. The number of carbonyl (C=O) groups excluding carboxylic acids is 1. The number of carbonyl (C=O) groups is 1. The summed E-state index contributed by atoms with van der Waals surface area (Å²) in [5.41, 5.74) is 1.89. The molecule has 5 heteroatoms. The Bertz CT molecular complexity index is 611. The molecule has 0 aromatic heterocycles. The van der Waals surface area contributed by atoms with Crippen LogP contribution in [0.2, 0.25) is 0 Å². The lowest BCUT2D eigenvalue weighted by Crippen LogP contribution is -2.28. The van der Waals surface area contributed by atoms with Crippen molar-refractivity contribution in [3.63, 3.8) is 0 Å². The minimum atomic E-state index is -0.0842. The molecule has 0 heterocycles. The van der Waals surface area contributed by atoms with Gasteiger partial charge in [-0.05, 0) is 48.2 Å². The SMILES string of the molecule is COc1ccc(OCCNC(=O)c2ccc(CSC)cc2)cc1. The molecular formula is C18H21NO3S. The zero-order valence-corrected chi connectivity index (χ0v) is 14.2. The highest BCUT2D eigenvalue weighted by molar-refractivity contribution is 7.97. The number of methoxy groups -OCH3 is 1. The molecule has 0 fully saturated rings. The van der Waals surface area contributed by atoms with Gasteiger partial charge in [0.25, 0.3) is 5.91 Å². The van der Waals surface area contributed by atoms with Gasteiger partial charge in [-0.15, -0.1) is 0 Å². The van der Waals surface area contributed by atoms with E-state index in [2.05, 4.69) is 11.6 Å². The normalized spacial score (nSPS) is 10.2. The van der Waals surface area contributed by atoms with E-state index in [-0.39, 0.29) is 5.91 Å². The molecule has 122 valence electrons. The predicted molar refractivity (Wildman–Crippen MR) is 94.5 cm³/mol. The summed E-state index contributed by atoms with van der Waals surface area (Å²) in [6, 6.07) is 15.0. The number of amides is 1. The second kappa shape index (κ2) is 9.10. The number of hydrogen-bond acceptors (Lipinski definition) is 4. The van der Waals surface area contributed by atoms with Crippen molar-refractivity contribution in [1.29, 1.82) is 0 Å². The standard InChI is InChI=1S/C18H21NO3S/c1-21-16-7-9-17(10-8-16)22-12-11-19-18(20)15-5-3-14(4-6-15)13-23-2/h3-10H,11-13H2,1-2H3,(H,19,20). The highest BCUT2D eigenvalue weighted by Crippen LogP contribution is 2.16. The first-order chi connectivity index (χ1) is 11.2.